The van der Waals surface area contributed by atoms with E-state index >= 15 is 0 Å². The number of anilines is 1. The van der Waals surface area contributed by atoms with Crippen LogP contribution in [0.25, 0.3) is 10.2 Å². The molecule has 0 atom stereocenters. The van der Waals surface area contributed by atoms with Crippen LogP contribution in [-0.4, -0.2) is 74.9 Å². The minimum absolute atomic E-state index is 0.0764. The molecule has 1 amide bonds. The summed E-state index contributed by atoms with van der Waals surface area (Å²) in [5.41, 5.74) is 1.37. The Bertz CT molecular complexity index is 1280. The van der Waals surface area contributed by atoms with Gasteiger partial charge >= 0.3 is 0 Å². The molecule has 1 aromatic heterocycles. The second-order valence-electron chi connectivity index (χ2n) is 8.57. The first-order chi connectivity index (χ1) is 16.5. The zero-order valence-electron chi connectivity index (χ0n) is 19.1. The Hall–Kier alpha value is -2.69. The predicted octanol–water partition coefficient (Wildman–Crippen LogP) is 3.44. The summed E-state index contributed by atoms with van der Waals surface area (Å²) < 4.78 is 33.8. The Kier molecular flexibility index (Phi) is 6.46. The van der Waals surface area contributed by atoms with Crippen molar-refractivity contribution in [2.24, 2.45) is 0 Å². The Labute approximate surface area is 203 Å². The molecule has 0 saturated carbocycles. The maximum absolute atomic E-state index is 13.0. The van der Waals surface area contributed by atoms with Crippen molar-refractivity contribution in [3.63, 3.8) is 0 Å². The van der Waals surface area contributed by atoms with Crippen LogP contribution in [0.1, 0.15) is 29.6 Å². The molecule has 10 heteroatoms. The summed E-state index contributed by atoms with van der Waals surface area (Å²) in [6.07, 6.45) is 2.86. The molecule has 0 spiro atoms. The second-order valence-corrected chi connectivity index (χ2v) is 11.5. The lowest BCUT2D eigenvalue weighted by molar-refractivity contribution is 0.0746. The minimum Gasteiger partial charge on any atom is -0.494 e. The molecule has 0 radical (unpaired) electrons. The molecular weight excluding hydrogens is 472 g/mol. The molecule has 180 valence electrons. The molecule has 2 fully saturated rings. The van der Waals surface area contributed by atoms with E-state index in [2.05, 4.69) is 4.90 Å². The molecule has 2 aliphatic rings. The molecule has 3 heterocycles. The molecule has 8 nitrogen and oxygen atoms in total. The second kappa shape index (κ2) is 9.52. The lowest BCUT2D eigenvalue weighted by atomic mass is 10.2. The molecular formula is C24H28N4O4S2. The first-order valence-corrected chi connectivity index (χ1v) is 13.8. The van der Waals surface area contributed by atoms with Crippen molar-refractivity contribution in [1.29, 1.82) is 0 Å². The molecule has 2 aliphatic heterocycles. The smallest absolute Gasteiger partial charge is 0.253 e. The number of amides is 1. The third kappa shape index (κ3) is 4.37. The molecule has 0 aliphatic carbocycles. The number of benzene rings is 2. The van der Waals surface area contributed by atoms with Gasteiger partial charge in [-0.05, 0) is 49.2 Å². The number of aromatic nitrogens is 1. The SMILES string of the molecule is COc1cccc2sc(N3CCN(C(=O)c4ccc(S(=O)(=O)N5CCCCC5)cc4)CC3)nc12. The topological polar surface area (TPSA) is 83.0 Å². The van der Waals surface area contributed by atoms with E-state index < -0.39 is 10.0 Å². The summed E-state index contributed by atoms with van der Waals surface area (Å²) in [5.74, 6) is 0.687. The summed E-state index contributed by atoms with van der Waals surface area (Å²) in [7, 11) is -1.85. The molecule has 0 N–H and O–H groups in total. The highest BCUT2D eigenvalue weighted by molar-refractivity contribution is 7.89. The van der Waals surface area contributed by atoms with E-state index in [1.807, 2.05) is 23.1 Å². The quantitative estimate of drug-likeness (QED) is 0.534. The standard InChI is InChI=1S/C24H28N4O4S2/c1-32-20-6-5-7-21-22(20)25-24(33-21)27-16-14-26(15-17-27)23(29)18-8-10-19(11-9-18)34(30,31)28-12-3-2-4-13-28/h5-11H,2-4,12-17H2,1H3. The van der Waals surface area contributed by atoms with Gasteiger partial charge in [-0.3, -0.25) is 4.79 Å². The lowest BCUT2D eigenvalue weighted by Crippen LogP contribution is -2.48. The van der Waals surface area contributed by atoms with Gasteiger partial charge in [0.05, 0.1) is 16.7 Å². The largest absolute Gasteiger partial charge is 0.494 e. The monoisotopic (exact) mass is 500 g/mol. The Morgan fingerprint density at radius 2 is 1.65 bits per heavy atom. The summed E-state index contributed by atoms with van der Waals surface area (Å²) in [4.78, 5) is 22.1. The van der Waals surface area contributed by atoms with Crippen molar-refractivity contribution >= 4 is 42.6 Å². The van der Waals surface area contributed by atoms with Gasteiger partial charge in [0.15, 0.2) is 5.13 Å². The van der Waals surface area contributed by atoms with Crippen LogP contribution in [0.3, 0.4) is 0 Å². The van der Waals surface area contributed by atoms with Gasteiger partial charge in [-0.2, -0.15) is 4.31 Å². The number of piperidine rings is 1. The molecule has 0 unspecified atom stereocenters. The van der Waals surface area contributed by atoms with Gasteiger partial charge in [0.1, 0.15) is 11.3 Å². The van der Waals surface area contributed by atoms with Gasteiger partial charge in [0.2, 0.25) is 10.0 Å². The van der Waals surface area contributed by atoms with Crippen molar-refractivity contribution in [3.8, 4) is 5.75 Å². The van der Waals surface area contributed by atoms with Gasteiger partial charge in [0.25, 0.3) is 5.91 Å². The molecule has 2 saturated heterocycles. The summed E-state index contributed by atoms with van der Waals surface area (Å²) in [6, 6.07) is 12.3. The van der Waals surface area contributed by atoms with E-state index in [-0.39, 0.29) is 10.8 Å². The van der Waals surface area contributed by atoms with Crippen LogP contribution in [0.4, 0.5) is 5.13 Å². The summed E-state index contributed by atoms with van der Waals surface area (Å²) >= 11 is 1.63. The molecule has 3 aromatic rings. The summed E-state index contributed by atoms with van der Waals surface area (Å²) in [5, 5.41) is 0.930. The number of fused-ring (bicyclic) bond motifs is 1. The van der Waals surface area contributed by atoms with Crippen LogP contribution in [0.2, 0.25) is 0 Å². The van der Waals surface area contributed by atoms with Crippen LogP contribution in [0.15, 0.2) is 47.4 Å². The Morgan fingerprint density at radius 1 is 0.941 bits per heavy atom. The fraction of sp³-hybridized carbons (Fsp3) is 0.417. The minimum atomic E-state index is -3.50. The number of thiazole rings is 1. The Balaban J connectivity index is 1.23. The zero-order chi connectivity index (χ0) is 23.7. The fourth-order valence-electron chi connectivity index (χ4n) is 4.52. The average molecular weight is 501 g/mol. The third-order valence-electron chi connectivity index (χ3n) is 6.48. The highest BCUT2D eigenvalue weighted by atomic mass is 32.2. The lowest BCUT2D eigenvalue weighted by Gasteiger charge is -2.34. The van der Waals surface area contributed by atoms with Gasteiger partial charge in [-0.15, -0.1) is 0 Å². The third-order valence-corrected chi connectivity index (χ3v) is 9.48. The van der Waals surface area contributed by atoms with Crippen molar-refractivity contribution in [2.75, 3.05) is 51.3 Å². The first kappa shape index (κ1) is 23.1. The van der Waals surface area contributed by atoms with E-state index in [0.717, 1.165) is 40.4 Å². The average Bonchev–Trinajstić information content (AvgIpc) is 3.33. The van der Waals surface area contributed by atoms with Gasteiger partial charge in [-0.25, -0.2) is 13.4 Å². The predicted molar refractivity (Wildman–Crippen MR) is 133 cm³/mol. The van der Waals surface area contributed by atoms with E-state index in [1.54, 1.807) is 47.0 Å². The number of methoxy groups -OCH3 is 1. The van der Waals surface area contributed by atoms with Crippen molar-refractivity contribution in [2.45, 2.75) is 24.2 Å². The summed E-state index contributed by atoms with van der Waals surface area (Å²) in [6.45, 7) is 3.67. The normalized spacial score (nSPS) is 17.8. The highest BCUT2D eigenvalue weighted by Crippen LogP contribution is 2.34. The Morgan fingerprint density at radius 3 is 2.32 bits per heavy atom. The van der Waals surface area contributed by atoms with Gasteiger partial charge < -0.3 is 14.5 Å². The molecule has 34 heavy (non-hydrogen) atoms. The van der Waals surface area contributed by atoms with Gasteiger partial charge in [-0.1, -0.05) is 23.8 Å². The van der Waals surface area contributed by atoms with Crippen molar-refractivity contribution in [1.82, 2.24) is 14.2 Å². The van der Waals surface area contributed by atoms with E-state index in [0.29, 0.717) is 44.8 Å². The van der Waals surface area contributed by atoms with E-state index in [9.17, 15) is 13.2 Å². The number of hydrogen-bond acceptors (Lipinski definition) is 7. The van der Waals surface area contributed by atoms with Crippen LogP contribution in [0.5, 0.6) is 5.75 Å². The van der Waals surface area contributed by atoms with Crippen molar-refractivity contribution in [3.05, 3.63) is 48.0 Å². The van der Waals surface area contributed by atoms with E-state index in [1.165, 1.54) is 0 Å². The molecule has 5 rings (SSSR count). The maximum atomic E-state index is 13.0. The van der Waals surface area contributed by atoms with Crippen LogP contribution in [0, 0.1) is 0 Å². The first-order valence-electron chi connectivity index (χ1n) is 11.6. The number of ether oxygens (including phenoxy) is 1. The molecule has 2 aromatic carbocycles. The number of carbonyl (C=O) groups is 1. The van der Waals surface area contributed by atoms with Crippen molar-refractivity contribution < 1.29 is 17.9 Å². The van der Waals surface area contributed by atoms with E-state index in [4.69, 9.17) is 9.72 Å². The number of rotatable bonds is 5. The maximum Gasteiger partial charge on any atom is 0.253 e. The zero-order valence-corrected chi connectivity index (χ0v) is 20.8. The number of piperazine rings is 1. The number of hydrogen-bond donors (Lipinski definition) is 0. The highest BCUT2D eigenvalue weighted by Gasteiger charge is 2.27. The van der Waals surface area contributed by atoms with Crippen LogP contribution < -0.4 is 9.64 Å². The number of carbonyl (C=O) groups excluding carboxylic acids is 1. The number of sulfonamides is 1. The fourth-order valence-corrected chi connectivity index (χ4v) is 7.07. The van der Waals surface area contributed by atoms with Crippen LogP contribution in [-0.2, 0) is 10.0 Å². The molecule has 0 bridgehead atoms. The number of nitrogens with zero attached hydrogens (tertiary/aromatic N) is 4. The van der Waals surface area contributed by atoms with Crippen LogP contribution >= 0.6 is 11.3 Å². The number of para-hydroxylation sites is 1. The van der Waals surface area contributed by atoms with Gasteiger partial charge in [0, 0.05) is 44.8 Å².